The van der Waals surface area contributed by atoms with Crippen molar-refractivity contribution in [3.63, 3.8) is 0 Å². The lowest BCUT2D eigenvalue weighted by Gasteiger charge is -1.86. The molecule has 0 saturated carbocycles. The van der Waals surface area contributed by atoms with E-state index in [1.54, 1.807) is 31.3 Å². The number of fused-ring (bicyclic) bond motifs is 1. The molecule has 0 spiro atoms. The summed E-state index contributed by atoms with van der Waals surface area (Å²) in [5, 5.41) is 35.4. The average Bonchev–Trinajstić information content (AvgIpc) is 3.48. The second-order valence-electron chi connectivity index (χ2n) is 5.01. The van der Waals surface area contributed by atoms with E-state index in [9.17, 15) is 0 Å². The molecular formula is C19H11N7OS. The third kappa shape index (κ3) is 5.03. The lowest BCUT2D eigenvalue weighted by Crippen LogP contribution is -1.89. The maximum absolute atomic E-state index is 8.53. The Bertz CT molecular complexity index is 1220. The molecule has 4 aromatic rings. The lowest BCUT2D eigenvalue weighted by molar-refractivity contribution is 0.602. The maximum Gasteiger partial charge on any atom is 0.181 e. The first-order chi connectivity index (χ1) is 13.6. The van der Waals surface area contributed by atoms with E-state index >= 15 is 0 Å². The van der Waals surface area contributed by atoms with Gasteiger partial charge in [-0.25, -0.2) is 9.97 Å². The summed E-state index contributed by atoms with van der Waals surface area (Å²) in [7, 11) is 1.67. The second kappa shape index (κ2) is 9.89. The molecule has 8 nitrogen and oxygen atoms in total. The predicted molar refractivity (Wildman–Crippen MR) is 100 cm³/mol. The quantitative estimate of drug-likeness (QED) is 0.451. The first-order valence-electron chi connectivity index (χ1n) is 7.61. The minimum absolute atomic E-state index is 0.185. The Balaban J connectivity index is 0.000000154. The van der Waals surface area contributed by atoms with Gasteiger partial charge in [-0.2, -0.15) is 21.0 Å². The first-order valence-corrected chi connectivity index (χ1v) is 8.49. The Hall–Kier alpha value is -4.44. The molecule has 0 bridgehead atoms. The standard InChI is InChI=1S/C8H4N2O.C6H4N4.C5H3NS/c9-4-6-1-2-8-7(3-6)10-5-11-8;1-10-4-9-5(2-7)6(10)3-8;6-4-5-2-1-3-7-5/h1-3,5H;4H,1H3;1-3H. The molecular weight excluding hydrogens is 374 g/mol. The van der Waals surface area contributed by atoms with Crippen molar-refractivity contribution >= 4 is 22.4 Å². The molecule has 0 saturated heterocycles. The summed E-state index contributed by atoms with van der Waals surface area (Å²) < 4.78 is 6.51. The minimum Gasteiger partial charge on any atom is -0.443 e. The van der Waals surface area contributed by atoms with Gasteiger partial charge >= 0.3 is 0 Å². The number of aryl methyl sites for hydroxylation is 1. The summed E-state index contributed by atoms with van der Waals surface area (Å²) in [6, 6.07) is 16.5. The van der Waals surface area contributed by atoms with Gasteiger partial charge < -0.3 is 8.98 Å². The highest BCUT2D eigenvalue weighted by atomic mass is 32.1. The molecule has 0 aliphatic heterocycles. The number of hydrogen-bond donors (Lipinski definition) is 0. The van der Waals surface area contributed by atoms with Gasteiger partial charge in [0.05, 0.1) is 18.0 Å². The maximum atomic E-state index is 8.53. The fourth-order valence-electron chi connectivity index (χ4n) is 1.91. The molecule has 0 atom stereocenters. The van der Waals surface area contributed by atoms with Crippen LogP contribution in [0.25, 0.3) is 11.1 Å². The molecule has 0 aliphatic carbocycles. The Morgan fingerprint density at radius 1 is 1.00 bits per heavy atom. The Morgan fingerprint density at radius 2 is 1.82 bits per heavy atom. The topological polar surface area (TPSA) is 139 Å². The highest BCUT2D eigenvalue weighted by molar-refractivity contribution is 7.10. The smallest absolute Gasteiger partial charge is 0.181 e. The number of benzene rings is 1. The normalized spacial score (nSPS) is 8.75. The third-order valence-corrected chi connectivity index (χ3v) is 4.01. The number of thiophene rings is 1. The van der Waals surface area contributed by atoms with E-state index in [0.717, 1.165) is 10.4 Å². The summed E-state index contributed by atoms with van der Waals surface area (Å²) in [5.74, 6) is 0. The molecule has 0 amide bonds. The van der Waals surface area contributed by atoms with Gasteiger partial charge in [-0.15, -0.1) is 11.3 Å². The first kappa shape index (κ1) is 19.9. The van der Waals surface area contributed by atoms with E-state index in [0.29, 0.717) is 16.8 Å². The van der Waals surface area contributed by atoms with Crippen molar-refractivity contribution in [3.8, 4) is 24.3 Å². The van der Waals surface area contributed by atoms with Crippen molar-refractivity contribution in [1.29, 1.82) is 21.0 Å². The third-order valence-electron chi connectivity index (χ3n) is 3.24. The van der Waals surface area contributed by atoms with E-state index in [1.807, 2.05) is 35.7 Å². The molecule has 1 aromatic carbocycles. The van der Waals surface area contributed by atoms with Crippen molar-refractivity contribution in [3.05, 3.63) is 70.3 Å². The largest absolute Gasteiger partial charge is 0.443 e. The van der Waals surface area contributed by atoms with E-state index in [1.165, 1.54) is 28.6 Å². The van der Waals surface area contributed by atoms with Crippen molar-refractivity contribution in [1.82, 2.24) is 14.5 Å². The zero-order valence-electron chi connectivity index (χ0n) is 14.6. The zero-order chi connectivity index (χ0) is 20.4. The van der Waals surface area contributed by atoms with E-state index in [4.69, 9.17) is 25.5 Å². The Kier molecular flexibility index (Phi) is 7.02. The van der Waals surface area contributed by atoms with E-state index in [2.05, 4.69) is 9.97 Å². The molecule has 3 heterocycles. The van der Waals surface area contributed by atoms with Gasteiger partial charge in [0.2, 0.25) is 0 Å². The van der Waals surface area contributed by atoms with E-state index < -0.39 is 0 Å². The summed E-state index contributed by atoms with van der Waals surface area (Å²) in [6.45, 7) is 0. The fourth-order valence-corrected chi connectivity index (χ4v) is 2.43. The van der Waals surface area contributed by atoms with Crippen LogP contribution in [0.5, 0.6) is 0 Å². The predicted octanol–water partition coefficient (Wildman–Crippen LogP) is 3.48. The average molecular weight is 385 g/mol. The molecule has 3 aromatic heterocycles. The van der Waals surface area contributed by atoms with Crippen LogP contribution in [0.2, 0.25) is 0 Å². The van der Waals surface area contributed by atoms with Crippen molar-refractivity contribution < 1.29 is 4.42 Å². The summed E-state index contributed by atoms with van der Waals surface area (Å²) in [5.41, 5.74) is 2.53. The van der Waals surface area contributed by atoms with Gasteiger partial charge in [0.15, 0.2) is 23.4 Å². The highest BCUT2D eigenvalue weighted by Gasteiger charge is 2.05. The van der Waals surface area contributed by atoms with E-state index in [-0.39, 0.29) is 5.69 Å². The van der Waals surface area contributed by atoms with Gasteiger partial charge in [-0.1, -0.05) is 6.07 Å². The van der Waals surface area contributed by atoms with Gasteiger partial charge in [0.25, 0.3) is 0 Å². The van der Waals surface area contributed by atoms with Crippen LogP contribution in [-0.4, -0.2) is 14.5 Å². The van der Waals surface area contributed by atoms with Crippen LogP contribution in [0.15, 0.2) is 52.9 Å². The molecule has 4 rings (SSSR count). The van der Waals surface area contributed by atoms with Crippen LogP contribution >= 0.6 is 11.3 Å². The molecule has 9 heteroatoms. The van der Waals surface area contributed by atoms with Crippen LogP contribution in [0.1, 0.15) is 21.8 Å². The van der Waals surface area contributed by atoms with Crippen LogP contribution in [-0.2, 0) is 7.05 Å². The second-order valence-corrected chi connectivity index (χ2v) is 5.96. The molecule has 0 aliphatic rings. The summed E-state index contributed by atoms with van der Waals surface area (Å²) in [6.07, 6.45) is 2.81. The van der Waals surface area contributed by atoms with Crippen LogP contribution in [0, 0.1) is 45.3 Å². The summed E-state index contributed by atoms with van der Waals surface area (Å²) in [4.78, 5) is 8.37. The monoisotopic (exact) mass is 385 g/mol. The molecule has 0 radical (unpaired) electrons. The highest BCUT2D eigenvalue weighted by Crippen LogP contribution is 2.12. The number of hydrogen-bond acceptors (Lipinski definition) is 8. The SMILES string of the molecule is Cn1cnc(C#N)c1C#N.N#Cc1ccc2ocnc2c1.N#Cc1cccs1. The van der Waals surface area contributed by atoms with Crippen LogP contribution in [0.4, 0.5) is 0 Å². The van der Waals surface area contributed by atoms with Gasteiger partial charge in [-0.05, 0) is 29.6 Å². The lowest BCUT2D eigenvalue weighted by atomic mass is 10.2. The van der Waals surface area contributed by atoms with Gasteiger partial charge in [0, 0.05) is 7.05 Å². The van der Waals surface area contributed by atoms with Crippen LogP contribution < -0.4 is 0 Å². The number of rotatable bonds is 0. The molecule has 0 unspecified atom stereocenters. The van der Waals surface area contributed by atoms with Gasteiger partial charge in [0.1, 0.15) is 28.6 Å². The fraction of sp³-hybridized carbons (Fsp3) is 0.0526. The number of nitriles is 4. The van der Waals surface area contributed by atoms with Crippen molar-refractivity contribution in [2.45, 2.75) is 0 Å². The minimum atomic E-state index is 0.185. The van der Waals surface area contributed by atoms with Crippen LogP contribution in [0.3, 0.4) is 0 Å². The molecule has 0 fully saturated rings. The molecule has 0 N–H and O–H groups in total. The van der Waals surface area contributed by atoms with Crippen molar-refractivity contribution in [2.24, 2.45) is 7.05 Å². The molecule has 28 heavy (non-hydrogen) atoms. The number of nitrogens with zero attached hydrogens (tertiary/aromatic N) is 7. The molecule has 134 valence electrons. The number of aromatic nitrogens is 3. The Morgan fingerprint density at radius 3 is 2.36 bits per heavy atom. The summed E-state index contributed by atoms with van der Waals surface area (Å²) >= 11 is 1.46. The zero-order valence-corrected chi connectivity index (χ0v) is 15.4. The van der Waals surface area contributed by atoms with Crippen molar-refractivity contribution in [2.75, 3.05) is 0 Å². The van der Waals surface area contributed by atoms with Gasteiger partial charge in [-0.3, -0.25) is 0 Å². The Labute approximate surface area is 164 Å². The number of imidazole rings is 1. The number of oxazole rings is 1.